The Morgan fingerprint density at radius 1 is 0.907 bits per heavy atom. The first-order valence-electron chi connectivity index (χ1n) is 14.2. The minimum absolute atomic E-state index is 0.171. The molecule has 0 spiro atoms. The van der Waals surface area contributed by atoms with Gasteiger partial charge in [0.15, 0.2) is 6.61 Å². The lowest BCUT2D eigenvalue weighted by molar-refractivity contribution is -0.136. The molecule has 10 heteroatoms. The first-order chi connectivity index (χ1) is 20.5. The molecule has 0 fully saturated rings. The summed E-state index contributed by atoms with van der Waals surface area (Å²) in [6.07, 6.45) is 0.534. The summed E-state index contributed by atoms with van der Waals surface area (Å²) < 4.78 is 5.98. The summed E-state index contributed by atoms with van der Waals surface area (Å²) in [7, 11) is 1.71. The summed E-state index contributed by atoms with van der Waals surface area (Å²) in [5, 5.41) is 14.2. The highest BCUT2D eigenvalue weighted by atomic mass is 16.5. The zero-order valence-electron chi connectivity index (χ0n) is 25.3. The normalized spacial score (nSPS) is 10.7. The molecule has 0 radical (unpaired) electrons. The van der Waals surface area contributed by atoms with E-state index in [1.165, 1.54) is 0 Å². The molecule has 0 heterocycles. The lowest BCUT2D eigenvalue weighted by Gasteiger charge is -2.27. The smallest absolute Gasteiger partial charge is 0.319 e. The van der Waals surface area contributed by atoms with E-state index in [4.69, 9.17) is 9.84 Å². The Kier molecular flexibility index (Phi) is 11.7. The number of urea groups is 1. The summed E-state index contributed by atoms with van der Waals surface area (Å²) in [5.41, 5.74) is 4.24. The number of aryl methyl sites for hydroxylation is 2. The zero-order valence-corrected chi connectivity index (χ0v) is 25.3. The number of likely N-dealkylation sites (N-methyl/N-ethyl adjacent to an activating group) is 1. The van der Waals surface area contributed by atoms with Crippen molar-refractivity contribution >= 4 is 40.9 Å². The van der Waals surface area contributed by atoms with Gasteiger partial charge in [0, 0.05) is 25.0 Å². The Morgan fingerprint density at radius 2 is 1.58 bits per heavy atom. The zero-order chi connectivity index (χ0) is 31.5. The molecule has 4 amide bonds. The van der Waals surface area contributed by atoms with Crippen molar-refractivity contribution in [3.05, 3.63) is 83.4 Å². The molecule has 3 N–H and O–H groups in total. The molecule has 10 nitrogen and oxygen atoms in total. The second kappa shape index (κ2) is 15.4. The van der Waals surface area contributed by atoms with Crippen molar-refractivity contribution in [3.8, 4) is 5.75 Å². The molecule has 0 aliphatic carbocycles. The van der Waals surface area contributed by atoms with Crippen LogP contribution < -0.4 is 25.2 Å². The fourth-order valence-corrected chi connectivity index (χ4v) is 4.63. The standard InChI is InChI=1S/C33H40N4O6/c1-22(2)16-17-37(29(38)20-34-33(42)35-26-13-9-12-25(18-26)19-31(40)41)27-14-6-7-15-28(27)43-21-30(39)36(5)32-23(3)10-8-11-24(32)4/h6-15,18,22H,16-17,19-21H2,1-5H3,(H,40,41)(H2,34,35,42). The van der Waals surface area contributed by atoms with Crippen LogP contribution in [0.5, 0.6) is 5.75 Å². The summed E-state index contributed by atoms with van der Waals surface area (Å²) in [5.74, 6) is -0.882. The molecular formula is C33H40N4O6. The molecule has 3 aromatic carbocycles. The molecule has 0 unspecified atom stereocenters. The first-order valence-corrected chi connectivity index (χ1v) is 14.2. The molecule has 228 valence electrons. The van der Waals surface area contributed by atoms with Crippen LogP contribution in [0.2, 0.25) is 0 Å². The highest BCUT2D eigenvalue weighted by molar-refractivity contribution is 6.00. The molecule has 3 rings (SSSR count). The van der Waals surface area contributed by atoms with Gasteiger partial charge in [-0.1, -0.05) is 56.3 Å². The van der Waals surface area contributed by atoms with Gasteiger partial charge in [-0.3, -0.25) is 14.4 Å². The maximum atomic E-state index is 13.4. The fourth-order valence-electron chi connectivity index (χ4n) is 4.63. The van der Waals surface area contributed by atoms with Crippen LogP contribution in [0.4, 0.5) is 21.9 Å². The van der Waals surface area contributed by atoms with Crippen molar-refractivity contribution in [2.75, 3.05) is 41.9 Å². The predicted molar refractivity (Wildman–Crippen MR) is 168 cm³/mol. The number of amides is 4. The predicted octanol–water partition coefficient (Wildman–Crippen LogP) is 5.17. The van der Waals surface area contributed by atoms with Gasteiger partial charge in [0.25, 0.3) is 5.91 Å². The molecule has 0 saturated heterocycles. The molecule has 3 aromatic rings. The number of nitrogens with zero attached hydrogens (tertiary/aromatic N) is 2. The van der Waals surface area contributed by atoms with Crippen LogP contribution in [0.3, 0.4) is 0 Å². The number of hydrogen-bond donors (Lipinski definition) is 3. The Balaban J connectivity index is 1.70. The van der Waals surface area contributed by atoms with Gasteiger partial charge in [0.05, 0.1) is 18.7 Å². The number of carboxylic acid groups (broad SMARTS) is 1. The van der Waals surface area contributed by atoms with E-state index >= 15 is 0 Å². The molecule has 0 aliphatic rings. The topological polar surface area (TPSA) is 128 Å². The highest BCUT2D eigenvalue weighted by Crippen LogP contribution is 2.30. The number of anilines is 3. The summed E-state index contributed by atoms with van der Waals surface area (Å²) in [6.45, 7) is 7.87. The molecule has 43 heavy (non-hydrogen) atoms. The second-order valence-corrected chi connectivity index (χ2v) is 10.8. The minimum atomic E-state index is -0.976. The molecule has 0 bridgehead atoms. The number of nitrogens with one attached hydrogen (secondary N) is 2. The average Bonchev–Trinajstić information content (AvgIpc) is 2.95. The number of para-hydroxylation sites is 3. The largest absolute Gasteiger partial charge is 0.482 e. The highest BCUT2D eigenvalue weighted by Gasteiger charge is 2.22. The Bertz CT molecular complexity index is 1430. The number of ether oxygens (including phenoxy) is 1. The van der Waals surface area contributed by atoms with Gasteiger partial charge in [0.2, 0.25) is 5.91 Å². The second-order valence-electron chi connectivity index (χ2n) is 10.8. The van der Waals surface area contributed by atoms with E-state index in [2.05, 4.69) is 24.5 Å². The van der Waals surface area contributed by atoms with Crippen LogP contribution in [0.25, 0.3) is 0 Å². The van der Waals surface area contributed by atoms with E-state index in [0.717, 1.165) is 16.8 Å². The van der Waals surface area contributed by atoms with Crippen molar-refractivity contribution in [2.24, 2.45) is 5.92 Å². The number of carbonyl (C=O) groups excluding carboxylic acids is 3. The van der Waals surface area contributed by atoms with E-state index in [9.17, 15) is 19.2 Å². The Hall–Kier alpha value is -4.86. The van der Waals surface area contributed by atoms with Crippen molar-refractivity contribution in [2.45, 2.75) is 40.5 Å². The molecule has 0 aromatic heterocycles. The van der Waals surface area contributed by atoms with Crippen LogP contribution in [0.1, 0.15) is 37.0 Å². The third-order valence-electron chi connectivity index (χ3n) is 6.83. The van der Waals surface area contributed by atoms with Gasteiger partial charge < -0.3 is 30.3 Å². The van der Waals surface area contributed by atoms with Gasteiger partial charge in [-0.25, -0.2) is 4.79 Å². The quantitative estimate of drug-likeness (QED) is 0.253. The van der Waals surface area contributed by atoms with Crippen LogP contribution in [-0.4, -0.2) is 55.7 Å². The molecule has 0 saturated carbocycles. The molecule has 0 atom stereocenters. The maximum absolute atomic E-state index is 13.4. The lowest BCUT2D eigenvalue weighted by atomic mass is 10.1. The Labute approximate surface area is 252 Å². The van der Waals surface area contributed by atoms with Gasteiger partial charge >= 0.3 is 12.0 Å². The number of carboxylic acids is 1. The van der Waals surface area contributed by atoms with Crippen molar-refractivity contribution in [1.82, 2.24) is 5.32 Å². The molecular weight excluding hydrogens is 548 g/mol. The van der Waals surface area contributed by atoms with E-state index in [1.807, 2.05) is 32.0 Å². The van der Waals surface area contributed by atoms with Gasteiger partial charge in [-0.15, -0.1) is 0 Å². The van der Waals surface area contributed by atoms with Crippen LogP contribution >= 0.6 is 0 Å². The van der Waals surface area contributed by atoms with E-state index < -0.39 is 12.0 Å². The fraction of sp³-hybridized carbons (Fsp3) is 0.333. The third-order valence-corrected chi connectivity index (χ3v) is 6.83. The number of carbonyl (C=O) groups is 4. The van der Waals surface area contributed by atoms with Gasteiger partial charge in [-0.2, -0.15) is 0 Å². The lowest BCUT2D eigenvalue weighted by Crippen LogP contribution is -2.42. The SMILES string of the molecule is Cc1cccc(C)c1N(C)C(=O)COc1ccccc1N(CCC(C)C)C(=O)CNC(=O)Nc1cccc(CC(=O)O)c1. The van der Waals surface area contributed by atoms with E-state index in [0.29, 0.717) is 41.6 Å². The maximum Gasteiger partial charge on any atom is 0.319 e. The van der Waals surface area contributed by atoms with Crippen molar-refractivity contribution in [3.63, 3.8) is 0 Å². The number of hydrogen-bond acceptors (Lipinski definition) is 5. The number of aliphatic carboxylic acids is 1. The molecule has 0 aliphatic heterocycles. The van der Waals surface area contributed by atoms with Gasteiger partial charge in [0.1, 0.15) is 5.75 Å². The van der Waals surface area contributed by atoms with Crippen molar-refractivity contribution < 1.29 is 29.0 Å². The first kappa shape index (κ1) is 32.7. The van der Waals surface area contributed by atoms with Crippen LogP contribution in [0, 0.1) is 19.8 Å². The monoisotopic (exact) mass is 588 g/mol. The van der Waals surface area contributed by atoms with Gasteiger partial charge in [-0.05, 0) is 67.1 Å². The summed E-state index contributed by atoms with van der Waals surface area (Å²) >= 11 is 0. The number of benzene rings is 3. The van der Waals surface area contributed by atoms with Crippen molar-refractivity contribution in [1.29, 1.82) is 0 Å². The van der Waals surface area contributed by atoms with E-state index in [1.54, 1.807) is 65.4 Å². The van der Waals surface area contributed by atoms with Crippen LogP contribution in [-0.2, 0) is 20.8 Å². The average molecular weight is 589 g/mol. The summed E-state index contributed by atoms with van der Waals surface area (Å²) in [6, 6.07) is 18.8. The third kappa shape index (κ3) is 9.59. The number of rotatable bonds is 13. The van der Waals surface area contributed by atoms with E-state index in [-0.39, 0.29) is 31.4 Å². The van der Waals surface area contributed by atoms with Crippen LogP contribution in [0.15, 0.2) is 66.7 Å². The Morgan fingerprint density at radius 3 is 2.26 bits per heavy atom. The summed E-state index contributed by atoms with van der Waals surface area (Å²) in [4.78, 5) is 53.2. The minimum Gasteiger partial charge on any atom is -0.482 e.